The van der Waals surface area contributed by atoms with E-state index in [2.05, 4.69) is 121 Å². The molecule has 0 aromatic heterocycles. The summed E-state index contributed by atoms with van der Waals surface area (Å²) in [6.45, 7) is 33.0. The summed E-state index contributed by atoms with van der Waals surface area (Å²) in [5.74, 6) is 5.27. The van der Waals surface area contributed by atoms with E-state index in [-0.39, 0.29) is 0 Å². The minimum atomic E-state index is 0.850. The van der Waals surface area contributed by atoms with Gasteiger partial charge in [-0.2, -0.15) is 0 Å². The van der Waals surface area contributed by atoms with Crippen LogP contribution in [0.5, 0.6) is 0 Å². The third-order valence-corrected chi connectivity index (χ3v) is 15.9. The van der Waals surface area contributed by atoms with Gasteiger partial charge in [-0.05, 0) is 159 Å². The van der Waals surface area contributed by atoms with E-state index in [1.807, 2.05) is 0 Å². The lowest BCUT2D eigenvalue weighted by Gasteiger charge is -2.20. The first kappa shape index (κ1) is 62.5. The molecule has 2 aromatic carbocycles. The summed E-state index contributed by atoms with van der Waals surface area (Å²) in [7, 11) is 0. The number of hydrogen-bond donors (Lipinski definition) is 0. The molecule has 66 heavy (non-hydrogen) atoms. The Bertz CT molecular complexity index is 1280. The van der Waals surface area contributed by atoms with E-state index in [1.54, 1.807) is 33.4 Å². The highest BCUT2D eigenvalue weighted by molar-refractivity contribution is 5.38. The van der Waals surface area contributed by atoms with Crippen LogP contribution in [0.3, 0.4) is 0 Å². The number of rotatable bonds is 40. The van der Waals surface area contributed by atoms with Crippen LogP contribution in [0.1, 0.15) is 306 Å². The molecule has 0 fully saturated rings. The van der Waals surface area contributed by atoms with Crippen molar-refractivity contribution in [1.82, 2.24) is 0 Å². The van der Waals surface area contributed by atoms with Gasteiger partial charge in [0.15, 0.2) is 0 Å². The maximum atomic E-state index is 2.58. The second-order valence-corrected chi connectivity index (χ2v) is 23.6. The Morgan fingerprint density at radius 3 is 0.773 bits per heavy atom. The Morgan fingerprint density at radius 1 is 0.273 bits per heavy atom. The van der Waals surface area contributed by atoms with E-state index in [1.165, 1.54) is 229 Å². The first-order chi connectivity index (χ1) is 31.7. The van der Waals surface area contributed by atoms with Crippen molar-refractivity contribution in [2.45, 2.75) is 315 Å². The largest absolute Gasteiger partial charge is 0.0654 e. The molecule has 0 heteroatoms. The van der Waals surface area contributed by atoms with E-state index in [9.17, 15) is 0 Å². The molecule has 0 N–H and O–H groups in total. The van der Waals surface area contributed by atoms with Crippen molar-refractivity contribution in [3.8, 4) is 0 Å². The van der Waals surface area contributed by atoms with Gasteiger partial charge in [-0.25, -0.2) is 0 Å². The highest BCUT2D eigenvalue weighted by Gasteiger charge is 2.15. The SMILES string of the molecule is CCCCCCC(CCCCCC)CCc1cc(C)c(CCC(CCCCCC)CCCCCC)cc1C.Cc1cc(CCC(C)CCCC(C)C)c(C)cc1CCC(C)CCCC(C)C. The average molecular weight is 914 g/mol. The van der Waals surface area contributed by atoms with Gasteiger partial charge in [0.05, 0.1) is 0 Å². The highest BCUT2D eigenvalue weighted by Crippen LogP contribution is 2.29. The van der Waals surface area contributed by atoms with E-state index in [4.69, 9.17) is 0 Å². The van der Waals surface area contributed by atoms with Crippen LogP contribution in [0.25, 0.3) is 0 Å². The molecule has 2 unspecified atom stereocenters. The molecular formula is C66H120. The van der Waals surface area contributed by atoms with Gasteiger partial charge in [0, 0.05) is 0 Å². The zero-order chi connectivity index (χ0) is 49.0. The van der Waals surface area contributed by atoms with Gasteiger partial charge in [-0.1, -0.05) is 260 Å². The zero-order valence-corrected chi connectivity index (χ0v) is 47.8. The molecule has 0 heterocycles. The molecule has 384 valence electrons. The molecule has 0 bridgehead atoms. The number of benzene rings is 2. The fourth-order valence-electron chi connectivity index (χ4n) is 10.8. The average Bonchev–Trinajstić information content (AvgIpc) is 3.27. The van der Waals surface area contributed by atoms with Gasteiger partial charge in [0.2, 0.25) is 0 Å². The van der Waals surface area contributed by atoms with Crippen LogP contribution >= 0.6 is 0 Å². The Hall–Kier alpha value is -1.56. The first-order valence-electron chi connectivity index (χ1n) is 29.9. The monoisotopic (exact) mass is 913 g/mol. The van der Waals surface area contributed by atoms with Gasteiger partial charge in [-0.3, -0.25) is 0 Å². The van der Waals surface area contributed by atoms with Crippen LogP contribution < -0.4 is 0 Å². The third kappa shape index (κ3) is 31.5. The molecule has 0 aliphatic heterocycles. The van der Waals surface area contributed by atoms with Crippen LogP contribution in [-0.2, 0) is 25.7 Å². The van der Waals surface area contributed by atoms with Crippen LogP contribution in [0.2, 0.25) is 0 Å². The molecule has 2 atom stereocenters. The lowest BCUT2D eigenvalue weighted by atomic mass is 9.86. The minimum Gasteiger partial charge on any atom is -0.0654 e. The fourth-order valence-corrected chi connectivity index (χ4v) is 10.8. The molecule has 0 nitrogen and oxygen atoms in total. The smallest absolute Gasteiger partial charge is 0.0274 e. The lowest BCUT2D eigenvalue weighted by molar-refractivity contribution is 0.382. The summed E-state index contributed by atoms with van der Waals surface area (Å²) in [5.41, 5.74) is 12.6. The summed E-state index contributed by atoms with van der Waals surface area (Å²) in [6, 6.07) is 10.1. The quantitative estimate of drug-likeness (QED) is 0.0585. The summed E-state index contributed by atoms with van der Waals surface area (Å²) in [6.07, 6.45) is 47.3. The summed E-state index contributed by atoms with van der Waals surface area (Å²) in [4.78, 5) is 0. The maximum absolute atomic E-state index is 2.58. The lowest BCUT2D eigenvalue weighted by Crippen LogP contribution is -2.06. The molecule has 0 aliphatic rings. The predicted octanol–water partition coefficient (Wildman–Crippen LogP) is 22.4. The van der Waals surface area contributed by atoms with E-state index in [0.29, 0.717) is 0 Å². The first-order valence-corrected chi connectivity index (χ1v) is 29.9. The van der Waals surface area contributed by atoms with E-state index >= 15 is 0 Å². The van der Waals surface area contributed by atoms with Crippen LogP contribution in [0, 0.1) is 63.2 Å². The molecule has 0 saturated carbocycles. The molecule has 0 amide bonds. The predicted molar refractivity (Wildman–Crippen MR) is 303 cm³/mol. The summed E-state index contributed by atoms with van der Waals surface area (Å²) in [5, 5.41) is 0. The van der Waals surface area contributed by atoms with Gasteiger partial charge in [0.1, 0.15) is 0 Å². The topological polar surface area (TPSA) is 0 Å². The number of aryl methyl sites for hydroxylation is 8. The number of unbranched alkanes of at least 4 members (excludes halogenated alkanes) is 12. The third-order valence-electron chi connectivity index (χ3n) is 15.9. The Balaban J connectivity index is 0.000000691. The Kier molecular flexibility index (Phi) is 38.0. The van der Waals surface area contributed by atoms with Gasteiger partial charge in [-0.15, -0.1) is 0 Å². The maximum Gasteiger partial charge on any atom is -0.0274 e. The summed E-state index contributed by atoms with van der Waals surface area (Å²) >= 11 is 0. The van der Waals surface area contributed by atoms with E-state index < -0.39 is 0 Å². The fraction of sp³-hybridized carbons (Fsp3) is 0.818. The molecule has 2 aromatic rings. The highest BCUT2D eigenvalue weighted by atomic mass is 14.2. The molecule has 0 aliphatic carbocycles. The second kappa shape index (κ2) is 40.2. The van der Waals surface area contributed by atoms with Crippen molar-refractivity contribution >= 4 is 0 Å². The van der Waals surface area contributed by atoms with Crippen molar-refractivity contribution in [3.63, 3.8) is 0 Å². The molecule has 0 spiro atoms. The molecular weight excluding hydrogens is 793 g/mol. The van der Waals surface area contributed by atoms with Crippen LogP contribution in [0.4, 0.5) is 0 Å². The molecule has 0 saturated heterocycles. The van der Waals surface area contributed by atoms with Crippen molar-refractivity contribution in [1.29, 1.82) is 0 Å². The van der Waals surface area contributed by atoms with Crippen LogP contribution in [-0.4, -0.2) is 0 Å². The van der Waals surface area contributed by atoms with Crippen LogP contribution in [0.15, 0.2) is 24.3 Å². The zero-order valence-electron chi connectivity index (χ0n) is 47.8. The van der Waals surface area contributed by atoms with Crippen molar-refractivity contribution < 1.29 is 0 Å². The minimum absolute atomic E-state index is 0.850. The van der Waals surface area contributed by atoms with Crippen molar-refractivity contribution in [3.05, 3.63) is 68.8 Å². The Labute approximate surface area is 417 Å². The Morgan fingerprint density at radius 2 is 0.530 bits per heavy atom. The molecule has 0 radical (unpaired) electrons. The van der Waals surface area contributed by atoms with Gasteiger partial charge >= 0.3 is 0 Å². The standard InChI is InChI=1S/C38H70.C28H50/c1-7-11-15-19-23-35(24-20-16-12-8-2)27-29-37-31-34(6)38(32-33(37)5)30-28-36(25-21-17-13-9-3)26-22-18-14-10-4;1-21(2)11-9-13-23(5)15-17-27-19-26(8)28(20-25(27)7)18-16-24(6)14-10-12-22(3)4/h31-32,35-36H,7-30H2,1-6H3;19-24H,9-18H2,1-8H3. The summed E-state index contributed by atoms with van der Waals surface area (Å²) < 4.78 is 0. The normalized spacial score (nSPS) is 12.8. The number of hydrogen-bond acceptors (Lipinski definition) is 0. The van der Waals surface area contributed by atoms with Gasteiger partial charge < -0.3 is 0 Å². The van der Waals surface area contributed by atoms with Gasteiger partial charge in [0.25, 0.3) is 0 Å². The van der Waals surface area contributed by atoms with Crippen molar-refractivity contribution in [2.24, 2.45) is 35.5 Å². The second-order valence-electron chi connectivity index (χ2n) is 23.6. The molecule has 2 rings (SSSR count). The van der Waals surface area contributed by atoms with Crippen molar-refractivity contribution in [2.75, 3.05) is 0 Å². The van der Waals surface area contributed by atoms with E-state index in [0.717, 1.165) is 35.5 Å².